The highest BCUT2D eigenvalue weighted by Crippen LogP contribution is 2.41. The number of ether oxygens (including phenoxy) is 3. The van der Waals surface area contributed by atoms with Crippen molar-refractivity contribution in [2.45, 2.75) is 0 Å². The van der Waals surface area contributed by atoms with E-state index in [1.54, 1.807) is 31.5 Å². The summed E-state index contributed by atoms with van der Waals surface area (Å²) in [6.45, 7) is 0. The zero-order valence-corrected chi connectivity index (χ0v) is 11.1. The Bertz CT molecular complexity index is 686. The van der Waals surface area contributed by atoms with E-state index >= 15 is 0 Å². The number of ketones is 1. The number of carbonyl (C=O) groups is 1. The van der Waals surface area contributed by atoms with Gasteiger partial charge in [0.15, 0.2) is 5.76 Å². The van der Waals surface area contributed by atoms with Gasteiger partial charge in [-0.2, -0.15) is 0 Å². The average Bonchev–Trinajstić information content (AvgIpc) is 3.07. The first-order chi connectivity index (χ1) is 9.72. The monoisotopic (exact) mass is 271 g/mol. The molecule has 1 aliphatic heterocycles. The third-order valence-electron chi connectivity index (χ3n) is 3.07. The van der Waals surface area contributed by atoms with Crippen molar-refractivity contribution in [3.05, 3.63) is 47.5 Å². The first-order valence-electron chi connectivity index (χ1n) is 6.06. The van der Waals surface area contributed by atoms with Crippen LogP contribution < -0.4 is 14.2 Å². The van der Waals surface area contributed by atoms with Crippen LogP contribution in [-0.4, -0.2) is 25.0 Å². The molecule has 5 nitrogen and oxygen atoms in total. The SMILES string of the molecule is COc1cc(OC)c2c(c1)O/C(=C\c1ccc[nH]1)C2=O. The van der Waals surface area contributed by atoms with Gasteiger partial charge in [-0.3, -0.25) is 4.79 Å². The quantitative estimate of drug-likeness (QED) is 0.872. The molecule has 2 aromatic rings. The third-order valence-corrected chi connectivity index (χ3v) is 3.07. The van der Waals surface area contributed by atoms with Gasteiger partial charge in [0.2, 0.25) is 5.78 Å². The first-order valence-corrected chi connectivity index (χ1v) is 6.06. The van der Waals surface area contributed by atoms with Crippen LogP contribution in [0.25, 0.3) is 6.08 Å². The lowest BCUT2D eigenvalue weighted by Gasteiger charge is -2.07. The Morgan fingerprint density at radius 2 is 2.10 bits per heavy atom. The van der Waals surface area contributed by atoms with E-state index in [2.05, 4.69) is 4.98 Å². The van der Waals surface area contributed by atoms with Crippen molar-refractivity contribution in [2.24, 2.45) is 0 Å². The lowest BCUT2D eigenvalue weighted by atomic mass is 10.1. The van der Waals surface area contributed by atoms with Gasteiger partial charge in [0.1, 0.15) is 22.8 Å². The maximum Gasteiger partial charge on any atom is 0.235 e. The Balaban J connectivity index is 2.06. The number of benzene rings is 1. The molecule has 5 heteroatoms. The van der Waals surface area contributed by atoms with E-state index in [9.17, 15) is 4.79 Å². The molecule has 0 atom stereocenters. The lowest BCUT2D eigenvalue weighted by molar-refractivity contribution is 0.101. The predicted molar refractivity (Wildman–Crippen MR) is 73.3 cm³/mol. The third kappa shape index (κ3) is 1.93. The topological polar surface area (TPSA) is 60.6 Å². The number of H-pyrrole nitrogens is 1. The van der Waals surface area contributed by atoms with E-state index in [0.29, 0.717) is 22.8 Å². The molecule has 0 bridgehead atoms. The zero-order valence-electron chi connectivity index (χ0n) is 11.1. The van der Waals surface area contributed by atoms with Gasteiger partial charge in [-0.25, -0.2) is 0 Å². The normalized spacial score (nSPS) is 15.1. The Morgan fingerprint density at radius 1 is 1.25 bits per heavy atom. The molecule has 0 saturated heterocycles. The van der Waals surface area contributed by atoms with Crippen LogP contribution in [0.1, 0.15) is 16.1 Å². The molecule has 1 N–H and O–H groups in total. The number of carbonyl (C=O) groups excluding carboxylic acids is 1. The Morgan fingerprint density at radius 3 is 2.75 bits per heavy atom. The Kier molecular flexibility index (Phi) is 2.95. The number of hydrogen-bond acceptors (Lipinski definition) is 4. The Labute approximate surface area is 115 Å². The minimum atomic E-state index is -0.200. The molecule has 0 saturated carbocycles. The molecule has 0 aliphatic carbocycles. The van der Waals surface area contributed by atoms with Gasteiger partial charge in [-0.15, -0.1) is 0 Å². The molecule has 1 aromatic heterocycles. The van der Waals surface area contributed by atoms with Crippen LogP contribution in [-0.2, 0) is 0 Å². The van der Waals surface area contributed by atoms with Gasteiger partial charge in [0.05, 0.1) is 14.2 Å². The van der Waals surface area contributed by atoms with E-state index < -0.39 is 0 Å². The lowest BCUT2D eigenvalue weighted by Crippen LogP contribution is -2.00. The number of hydrogen-bond donors (Lipinski definition) is 1. The van der Waals surface area contributed by atoms with Crippen molar-refractivity contribution in [3.63, 3.8) is 0 Å². The van der Waals surface area contributed by atoms with E-state index in [4.69, 9.17) is 14.2 Å². The van der Waals surface area contributed by atoms with Crippen LogP contribution in [0, 0.1) is 0 Å². The molecule has 102 valence electrons. The summed E-state index contributed by atoms with van der Waals surface area (Å²) in [5, 5.41) is 0. The molecule has 20 heavy (non-hydrogen) atoms. The second-order valence-electron chi connectivity index (χ2n) is 4.27. The number of aromatic nitrogens is 1. The van der Waals surface area contributed by atoms with Crippen LogP contribution in [0.2, 0.25) is 0 Å². The second-order valence-corrected chi connectivity index (χ2v) is 4.27. The van der Waals surface area contributed by atoms with Gasteiger partial charge >= 0.3 is 0 Å². The van der Waals surface area contributed by atoms with E-state index in [0.717, 1.165) is 5.69 Å². The van der Waals surface area contributed by atoms with Gasteiger partial charge < -0.3 is 19.2 Å². The van der Waals surface area contributed by atoms with Crippen molar-refractivity contribution in [1.29, 1.82) is 0 Å². The molecule has 1 aromatic carbocycles. The number of Topliss-reactive ketones (excluding diaryl/α,β-unsaturated/α-hetero) is 1. The van der Waals surface area contributed by atoms with E-state index in [1.807, 2.05) is 12.1 Å². The first kappa shape index (κ1) is 12.3. The largest absolute Gasteiger partial charge is 0.496 e. The number of nitrogens with one attached hydrogen (secondary N) is 1. The molecule has 0 amide bonds. The number of aromatic amines is 1. The summed E-state index contributed by atoms with van der Waals surface area (Å²) in [5.41, 5.74) is 1.22. The number of allylic oxidation sites excluding steroid dienone is 1. The summed E-state index contributed by atoms with van der Waals surface area (Å²) in [7, 11) is 3.06. The molecule has 2 heterocycles. The molecule has 3 rings (SSSR count). The molecule has 0 radical (unpaired) electrons. The summed E-state index contributed by atoms with van der Waals surface area (Å²) < 4.78 is 16.0. The maximum atomic E-state index is 12.4. The smallest absolute Gasteiger partial charge is 0.235 e. The number of methoxy groups -OCH3 is 2. The fourth-order valence-electron chi connectivity index (χ4n) is 2.11. The summed E-state index contributed by atoms with van der Waals surface area (Å²) in [6.07, 6.45) is 3.44. The zero-order chi connectivity index (χ0) is 14.1. The molecule has 1 aliphatic rings. The minimum Gasteiger partial charge on any atom is -0.496 e. The van der Waals surface area contributed by atoms with Crippen LogP contribution in [0.15, 0.2) is 36.2 Å². The van der Waals surface area contributed by atoms with Crippen molar-refractivity contribution < 1.29 is 19.0 Å². The van der Waals surface area contributed by atoms with Gasteiger partial charge in [-0.05, 0) is 12.1 Å². The summed E-state index contributed by atoms with van der Waals surface area (Å²) in [6, 6.07) is 7.04. The van der Waals surface area contributed by atoms with Crippen molar-refractivity contribution in [1.82, 2.24) is 4.98 Å². The maximum absolute atomic E-state index is 12.4. The average molecular weight is 271 g/mol. The predicted octanol–water partition coefficient (Wildman–Crippen LogP) is 2.65. The van der Waals surface area contributed by atoms with Crippen LogP contribution in [0.5, 0.6) is 17.2 Å². The van der Waals surface area contributed by atoms with E-state index in [1.165, 1.54) is 7.11 Å². The highest BCUT2D eigenvalue weighted by molar-refractivity contribution is 6.16. The van der Waals surface area contributed by atoms with Crippen LogP contribution >= 0.6 is 0 Å². The molecule has 0 spiro atoms. The highest BCUT2D eigenvalue weighted by atomic mass is 16.5. The molecular weight excluding hydrogens is 258 g/mol. The number of rotatable bonds is 3. The number of fused-ring (bicyclic) bond motifs is 1. The Hall–Kier alpha value is -2.69. The molecular formula is C15H13NO4. The van der Waals surface area contributed by atoms with Gasteiger partial charge in [-0.1, -0.05) is 0 Å². The summed E-state index contributed by atoms with van der Waals surface area (Å²) in [4.78, 5) is 15.4. The highest BCUT2D eigenvalue weighted by Gasteiger charge is 2.32. The van der Waals surface area contributed by atoms with Gasteiger partial charge in [0.25, 0.3) is 0 Å². The fraction of sp³-hybridized carbons (Fsp3) is 0.133. The van der Waals surface area contributed by atoms with Crippen molar-refractivity contribution in [2.75, 3.05) is 14.2 Å². The second kappa shape index (κ2) is 4.77. The summed E-state index contributed by atoms with van der Waals surface area (Å²) >= 11 is 0. The van der Waals surface area contributed by atoms with Crippen molar-refractivity contribution >= 4 is 11.9 Å². The van der Waals surface area contributed by atoms with Gasteiger partial charge in [0, 0.05) is 30.1 Å². The van der Waals surface area contributed by atoms with Crippen molar-refractivity contribution in [3.8, 4) is 17.2 Å². The minimum absolute atomic E-state index is 0.200. The standard InChI is InChI=1S/C15H13NO4/c1-18-10-7-11(19-2)14-12(8-10)20-13(15(14)17)6-9-4-3-5-16-9/h3-8,16H,1-2H3/b13-6-. The summed E-state index contributed by atoms with van der Waals surface area (Å²) in [5.74, 6) is 1.53. The fourth-order valence-corrected chi connectivity index (χ4v) is 2.11. The molecule has 0 fully saturated rings. The van der Waals surface area contributed by atoms with Crippen LogP contribution in [0.3, 0.4) is 0 Å². The molecule has 0 unspecified atom stereocenters. The van der Waals surface area contributed by atoms with Crippen LogP contribution in [0.4, 0.5) is 0 Å². The van der Waals surface area contributed by atoms with E-state index in [-0.39, 0.29) is 11.5 Å².